The molecule has 5 nitrogen and oxygen atoms in total. The standard InChI is InChI=1S/C10H17N2O3/c1-10(2,3)15-9(14)8(7-13)11-12-5-4-6-12/h8,11H,4-6H2,1-3H3. The van der Waals surface area contributed by atoms with Crippen molar-refractivity contribution in [1.82, 2.24) is 10.4 Å². The Morgan fingerprint density at radius 1 is 1.47 bits per heavy atom. The van der Waals surface area contributed by atoms with Crippen molar-refractivity contribution >= 4 is 12.3 Å². The van der Waals surface area contributed by atoms with Crippen LogP contribution in [0.2, 0.25) is 0 Å². The van der Waals surface area contributed by atoms with Crippen LogP contribution in [0, 0.1) is 0 Å². The average molecular weight is 213 g/mol. The molecule has 0 bridgehead atoms. The van der Waals surface area contributed by atoms with E-state index in [1.807, 2.05) is 0 Å². The van der Waals surface area contributed by atoms with E-state index in [0.29, 0.717) is 0 Å². The van der Waals surface area contributed by atoms with E-state index in [1.54, 1.807) is 32.1 Å². The first-order valence-electron chi connectivity index (χ1n) is 5.04. The lowest BCUT2D eigenvalue weighted by atomic mass is 10.2. The van der Waals surface area contributed by atoms with Gasteiger partial charge in [0.2, 0.25) is 6.29 Å². The van der Waals surface area contributed by atoms with Crippen molar-refractivity contribution in [2.24, 2.45) is 0 Å². The van der Waals surface area contributed by atoms with Crippen LogP contribution >= 0.6 is 0 Å². The summed E-state index contributed by atoms with van der Waals surface area (Å²) in [7, 11) is 0. The normalized spacial score (nSPS) is 19.1. The fourth-order valence-corrected chi connectivity index (χ4v) is 1.12. The van der Waals surface area contributed by atoms with Crippen molar-refractivity contribution in [2.75, 3.05) is 13.1 Å². The molecule has 1 aliphatic heterocycles. The number of hydrogen-bond donors (Lipinski definition) is 1. The van der Waals surface area contributed by atoms with Gasteiger partial charge in [0.1, 0.15) is 5.60 Å². The van der Waals surface area contributed by atoms with Crippen LogP contribution in [0.4, 0.5) is 0 Å². The van der Waals surface area contributed by atoms with E-state index in [2.05, 4.69) is 5.43 Å². The van der Waals surface area contributed by atoms with E-state index >= 15 is 0 Å². The van der Waals surface area contributed by atoms with E-state index < -0.39 is 17.6 Å². The molecule has 15 heavy (non-hydrogen) atoms. The molecule has 0 aromatic heterocycles. The van der Waals surface area contributed by atoms with Gasteiger partial charge in [-0.15, -0.1) is 0 Å². The minimum Gasteiger partial charge on any atom is -0.458 e. The molecule has 1 N–H and O–H groups in total. The Kier molecular flexibility index (Phi) is 3.82. The summed E-state index contributed by atoms with van der Waals surface area (Å²) in [4.78, 5) is 22.1. The molecule has 5 heteroatoms. The number of hydrazine groups is 1. The van der Waals surface area contributed by atoms with Crippen LogP contribution in [0.3, 0.4) is 0 Å². The van der Waals surface area contributed by atoms with E-state index in [9.17, 15) is 9.59 Å². The number of hydrogen-bond acceptors (Lipinski definition) is 5. The average Bonchev–Trinajstić information content (AvgIpc) is 1.98. The van der Waals surface area contributed by atoms with Crippen LogP contribution in [0.15, 0.2) is 0 Å². The number of carbonyl (C=O) groups is 1. The number of ether oxygens (including phenoxy) is 1. The van der Waals surface area contributed by atoms with Gasteiger partial charge in [-0.1, -0.05) is 0 Å². The Hall–Kier alpha value is -0.940. The van der Waals surface area contributed by atoms with Gasteiger partial charge in [-0.2, -0.15) is 0 Å². The maximum atomic E-state index is 11.5. The molecule has 1 heterocycles. The number of carbonyl (C=O) groups excluding carboxylic acids is 2. The van der Waals surface area contributed by atoms with Gasteiger partial charge in [0, 0.05) is 13.1 Å². The molecule has 1 fully saturated rings. The van der Waals surface area contributed by atoms with Gasteiger partial charge in [0.15, 0.2) is 6.04 Å². The smallest absolute Gasteiger partial charge is 0.333 e. The summed E-state index contributed by atoms with van der Waals surface area (Å²) in [6, 6.07) is -1.01. The van der Waals surface area contributed by atoms with Crippen LogP contribution < -0.4 is 5.43 Å². The van der Waals surface area contributed by atoms with Gasteiger partial charge in [0.25, 0.3) is 0 Å². The number of esters is 1. The summed E-state index contributed by atoms with van der Waals surface area (Å²) in [6.45, 7) is 6.98. The molecule has 85 valence electrons. The highest BCUT2D eigenvalue weighted by Crippen LogP contribution is 2.09. The first kappa shape index (κ1) is 12.1. The van der Waals surface area contributed by atoms with Gasteiger partial charge in [-0.25, -0.2) is 15.2 Å². The molecular formula is C10H17N2O3. The second-order valence-corrected chi connectivity index (χ2v) is 4.55. The fourth-order valence-electron chi connectivity index (χ4n) is 1.12. The molecule has 0 aromatic rings. The van der Waals surface area contributed by atoms with Gasteiger partial charge in [-0.05, 0) is 27.2 Å². The van der Waals surface area contributed by atoms with Crippen molar-refractivity contribution in [3.8, 4) is 0 Å². The molecule has 0 spiro atoms. The molecule has 1 aliphatic rings. The zero-order valence-corrected chi connectivity index (χ0v) is 9.37. The van der Waals surface area contributed by atoms with Gasteiger partial charge >= 0.3 is 5.97 Å². The lowest BCUT2D eigenvalue weighted by Crippen LogP contribution is -2.55. The number of nitrogens with zero attached hydrogens (tertiary/aromatic N) is 1. The molecular weight excluding hydrogens is 196 g/mol. The Morgan fingerprint density at radius 3 is 2.40 bits per heavy atom. The minimum absolute atomic E-state index is 0.579. The minimum atomic E-state index is -1.01. The summed E-state index contributed by atoms with van der Waals surface area (Å²) in [5.41, 5.74) is 2.18. The molecule has 1 radical (unpaired) electrons. The van der Waals surface area contributed by atoms with E-state index in [-0.39, 0.29) is 0 Å². The van der Waals surface area contributed by atoms with Crippen molar-refractivity contribution in [2.45, 2.75) is 38.8 Å². The third-order valence-electron chi connectivity index (χ3n) is 1.93. The summed E-state index contributed by atoms with van der Waals surface area (Å²) in [5.74, 6) is -0.579. The predicted octanol–water partition coefficient (Wildman–Crippen LogP) is 0.0167. The number of nitrogens with one attached hydrogen (secondary N) is 1. The van der Waals surface area contributed by atoms with Gasteiger partial charge < -0.3 is 4.74 Å². The van der Waals surface area contributed by atoms with Crippen molar-refractivity contribution in [1.29, 1.82) is 0 Å². The lowest BCUT2D eigenvalue weighted by Gasteiger charge is -2.33. The highest BCUT2D eigenvalue weighted by molar-refractivity contribution is 5.92. The SMILES string of the molecule is CC(C)(C)OC(=O)C([C]=O)NN1CCC1. The maximum Gasteiger partial charge on any atom is 0.333 e. The lowest BCUT2D eigenvalue weighted by molar-refractivity contribution is -0.157. The quantitative estimate of drug-likeness (QED) is 0.527. The topological polar surface area (TPSA) is 58.6 Å². The Bertz CT molecular complexity index is 244. The third kappa shape index (κ3) is 3.97. The largest absolute Gasteiger partial charge is 0.458 e. The summed E-state index contributed by atoms with van der Waals surface area (Å²) in [6.07, 6.45) is 2.72. The molecule has 1 saturated heterocycles. The van der Waals surface area contributed by atoms with E-state index in [4.69, 9.17) is 4.74 Å². The van der Waals surface area contributed by atoms with Crippen molar-refractivity contribution in [3.63, 3.8) is 0 Å². The predicted molar refractivity (Wildman–Crippen MR) is 54.7 cm³/mol. The molecule has 0 aromatic carbocycles. The van der Waals surface area contributed by atoms with Crippen molar-refractivity contribution in [3.05, 3.63) is 0 Å². The number of rotatable bonds is 4. The zero-order chi connectivity index (χ0) is 11.5. The highest BCUT2D eigenvalue weighted by Gasteiger charge is 2.28. The van der Waals surface area contributed by atoms with Gasteiger partial charge in [0.05, 0.1) is 0 Å². The molecule has 0 amide bonds. The Morgan fingerprint density at radius 2 is 2.07 bits per heavy atom. The third-order valence-corrected chi connectivity index (χ3v) is 1.93. The molecule has 1 atom stereocenters. The molecule has 0 saturated carbocycles. The van der Waals surface area contributed by atoms with Crippen LogP contribution in [0.25, 0.3) is 0 Å². The summed E-state index contributed by atoms with van der Waals surface area (Å²) < 4.78 is 5.07. The Labute approximate surface area is 89.7 Å². The monoisotopic (exact) mass is 213 g/mol. The van der Waals surface area contributed by atoms with Crippen LogP contribution in [-0.4, -0.2) is 42.0 Å². The van der Waals surface area contributed by atoms with Crippen LogP contribution in [0.5, 0.6) is 0 Å². The first-order chi connectivity index (χ1) is 6.92. The Balaban J connectivity index is 2.42. The second-order valence-electron chi connectivity index (χ2n) is 4.55. The van der Waals surface area contributed by atoms with E-state index in [1.165, 1.54) is 0 Å². The van der Waals surface area contributed by atoms with E-state index in [0.717, 1.165) is 19.5 Å². The summed E-state index contributed by atoms with van der Waals surface area (Å²) >= 11 is 0. The molecule has 1 unspecified atom stereocenters. The molecule has 0 aliphatic carbocycles. The zero-order valence-electron chi connectivity index (χ0n) is 9.37. The maximum absolute atomic E-state index is 11.5. The fraction of sp³-hybridized carbons (Fsp3) is 0.800. The van der Waals surface area contributed by atoms with Crippen LogP contribution in [-0.2, 0) is 14.3 Å². The second kappa shape index (κ2) is 4.72. The van der Waals surface area contributed by atoms with Crippen molar-refractivity contribution < 1.29 is 14.3 Å². The summed E-state index contributed by atoms with van der Waals surface area (Å²) in [5, 5.41) is 1.81. The highest BCUT2D eigenvalue weighted by atomic mass is 16.6. The van der Waals surface area contributed by atoms with Crippen LogP contribution in [0.1, 0.15) is 27.2 Å². The molecule has 1 rings (SSSR count). The first-order valence-corrected chi connectivity index (χ1v) is 5.04. The van der Waals surface area contributed by atoms with Gasteiger partial charge in [-0.3, -0.25) is 4.79 Å².